The molecule has 162 valence electrons. The van der Waals surface area contributed by atoms with Gasteiger partial charge in [-0.3, -0.25) is 30.1 Å². The van der Waals surface area contributed by atoms with Crippen LogP contribution < -0.4 is 15.6 Å². The van der Waals surface area contributed by atoms with Crippen LogP contribution in [0.25, 0.3) is 11.4 Å². The molecule has 0 radical (unpaired) electrons. The average Bonchev–Trinajstić information content (AvgIpc) is 3.11. The van der Waals surface area contributed by atoms with E-state index in [1.807, 2.05) is 45.0 Å². The number of aromatic nitrogens is 3. The van der Waals surface area contributed by atoms with Crippen molar-refractivity contribution in [2.45, 2.75) is 39.8 Å². The van der Waals surface area contributed by atoms with Crippen LogP contribution in [-0.2, 0) is 11.3 Å². The lowest BCUT2D eigenvalue weighted by Gasteiger charge is -2.11. The van der Waals surface area contributed by atoms with Crippen LogP contribution in [0, 0.1) is 11.7 Å². The Morgan fingerprint density at radius 2 is 1.90 bits per heavy atom. The van der Waals surface area contributed by atoms with Crippen LogP contribution in [0.2, 0.25) is 0 Å². The molecule has 9 heteroatoms. The molecule has 3 aromatic rings. The predicted molar refractivity (Wildman–Crippen MR) is 120 cm³/mol. The van der Waals surface area contributed by atoms with Crippen molar-refractivity contribution in [2.75, 3.05) is 0 Å². The lowest BCUT2D eigenvalue weighted by molar-refractivity contribution is -0.122. The van der Waals surface area contributed by atoms with Gasteiger partial charge in [-0.2, -0.15) is 5.10 Å². The molecule has 0 unspecified atom stereocenters. The number of aromatic amines is 1. The maximum absolute atomic E-state index is 12.2. The van der Waals surface area contributed by atoms with E-state index in [-0.39, 0.29) is 18.4 Å². The normalized spacial score (nSPS) is 10.7. The molecule has 0 atom stereocenters. The van der Waals surface area contributed by atoms with Crippen LogP contribution in [-0.4, -0.2) is 32.7 Å². The number of ether oxygens (including phenoxy) is 1. The molecule has 0 spiro atoms. The highest BCUT2D eigenvalue weighted by molar-refractivity contribution is 7.71. The second kappa shape index (κ2) is 10.0. The molecule has 0 saturated carbocycles. The molecular formula is C22H25N5O3S. The van der Waals surface area contributed by atoms with Crippen LogP contribution in [0.4, 0.5) is 0 Å². The van der Waals surface area contributed by atoms with Crippen molar-refractivity contribution < 1.29 is 14.3 Å². The van der Waals surface area contributed by atoms with E-state index < -0.39 is 5.91 Å². The smallest absolute Gasteiger partial charge is 0.269 e. The Balaban J connectivity index is 1.55. The first-order valence-electron chi connectivity index (χ1n) is 9.91. The molecule has 31 heavy (non-hydrogen) atoms. The third-order valence-electron chi connectivity index (χ3n) is 4.40. The molecule has 0 aliphatic carbocycles. The molecule has 1 heterocycles. The van der Waals surface area contributed by atoms with Gasteiger partial charge in [-0.15, -0.1) is 0 Å². The molecule has 3 rings (SSSR count). The van der Waals surface area contributed by atoms with Gasteiger partial charge in [-0.05, 0) is 63.3 Å². The van der Waals surface area contributed by atoms with Gasteiger partial charge in [0.2, 0.25) is 5.91 Å². The van der Waals surface area contributed by atoms with E-state index in [2.05, 4.69) is 21.0 Å². The Morgan fingerprint density at radius 3 is 2.58 bits per heavy atom. The summed E-state index contributed by atoms with van der Waals surface area (Å²) in [6.07, 6.45) is 0.169. The van der Waals surface area contributed by atoms with Crippen molar-refractivity contribution in [1.29, 1.82) is 0 Å². The Morgan fingerprint density at radius 1 is 1.16 bits per heavy atom. The van der Waals surface area contributed by atoms with Gasteiger partial charge in [-0.1, -0.05) is 23.8 Å². The third-order valence-corrected chi connectivity index (χ3v) is 4.71. The lowest BCUT2D eigenvalue weighted by atomic mass is 10.1. The number of amides is 2. The van der Waals surface area contributed by atoms with E-state index in [1.165, 1.54) is 0 Å². The van der Waals surface area contributed by atoms with Gasteiger partial charge in [0.25, 0.3) is 5.91 Å². The third kappa shape index (κ3) is 6.02. The highest BCUT2D eigenvalue weighted by atomic mass is 32.1. The van der Waals surface area contributed by atoms with E-state index >= 15 is 0 Å². The Hall–Kier alpha value is -3.46. The van der Waals surface area contributed by atoms with Crippen molar-refractivity contribution in [1.82, 2.24) is 25.6 Å². The molecule has 2 aromatic carbocycles. The zero-order valence-corrected chi connectivity index (χ0v) is 18.5. The number of nitrogens with zero attached hydrogens (tertiary/aromatic N) is 2. The molecule has 8 nitrogen and oxygen atoms in total. The summed E-state index contributed by atoms with van der Waals surface area (Å²) in [5.41, 5.74) is 7.27. The second-order valence-electron chi connectivity index (χ2n) is 7.32. The quantitative estimate of drug-likeness (QED) is 0.386. The summed E-state index contributed by atoms with van der Waals surface area (Å²) in [7, 11) is 0. The summed E-state index contributed by atoms with van der Waals surface area (Å²) in [4.78, 5) is 24.5. The van der Waals surface area contributed by atoms with Crippen molar-refractivity contribution >= 4 is 24.0 Å². The minimum absolute atomic E-state index is 0.0501. The van der Waals surface area contributed by atoms with E-state index in [0.29, 0.717) is 28.5 Å². The predicted octanol–water partition coefficient (Wildman–Crippen LogP) is 3.55. The summed E-state index contributed by atoms with van der Waals surface area (Å²) >= 11 is 5.30. The molecule has 2 amide bonds. The first-order valence-corrected chi connectivity index (χ1v) is 10.3. The van der Waals surface area contributed by atoms with Gasteiger partial charge in [0.1, 0.15) is 5.75 Å². The molecule has 0 aliphatic heterocycles. The maximum atomic E-state index is 12.2. The van der Waals surface area contributed by atoms with Gasteiger partial charge in [-0.25, -0.2) is 0 Å². The summed E-state index contributed by atoms with van der Waals surface area (Å²) in [5, 5.41) is 7.05. The van der Waals surface area contributed by atoms with Crippen LogP contribution in [0.15, 0.2) is 48.5 Å². The number of aryl methyl sites for hydroxylation is 1. The maximum Gasteiger partial charge on any atom is 0.269 e. The highest BCUT2D eigenvalue weighted by Crippen LogP contribution is 2.19. The van der Waals surface area contributed by atoms with Crippen LogP contribution in [0.1, 0.15) is 36.2 Å². The van der Waals surface area contributed by atoms with Crippen molar-refractivity contribution in [3.8, 4) is 17.1 Å². The fourth-order valence-corrected chi connectivity index (χ4v) is 3.18. The number of carbonyl (C=O) groups excluding carboxylic acids is 2. The number of H-pyrrole nitrogens is 1. The number of benzene rings is 2. The second-order valence-corrected chi connectivity index (χ2v) is 7.70. The number of nitrogens with one attached hydrogen (secondary N) is 3. The molecule has 3 N–H and O–H groups in total. The first kappa shape index (κ1) is 22.2. The number of hydrogen-bond acceptors (Lipinski definition) is 5. The van der Waals surface area contributed by atoms with Gasteiger partial charge in [0.05, 0.1) is 6.10 Å². The van der Waals surface area contributed by atoms with Gasteiger partial charge >= 0.3 is 0 Å². The molecule has 0 saturated heterocycles. The molecule has 0 aliphatic rings. The van der Waals surface area contributed by atoms with E-state index in [4.69, 9.17) is 17.0 Å². The lowest BCUT2D eigenvalue weighted by Crippen LogP contribution is -2.41. The average molecular weight is 440 g/mol. The van der Waals surface area contributed by atoms with Gasteiger partial charge < -0.3 is 4.74 Å². The Kier molecular flexibility index (Phi) is 7.19. The number of carbonyl (C=O) groups is 2. The van der Waals surface area contributed by atoms with Gasteiger partial charge in [0, 0.05) is 24.1 Å². The van der Waals surface area contributed by atoms with Crippen LogP contribution in [0.3, 0.4) is 0 Å². The van der Waals surface area contributed by atoms with Crippen LogP contribution in [0.5, 0.6) is 5.75 Å². The van der Waals surface area contributed by atoms with Crippen molar-refractivity contribution in [3.63, 3.8) is 0 Å². The Bertz CT molecular complexity index is 1120. The van der Waals surface area contributed by atoms with Gasteiger partial charge in [0.15, 0.2) is 10.6 Å². The molecule has 0 bridgehead atoms. The van der Waals surface area contributed by atoms with E-state index in [0.717, 1.165) is 11.1 Å². The summed E-state index contributed by atoms with van der Waals surface area (Å²) in [5.74, 6) is 0.585. The monoisotopic (exact) mass is 439 g/mol. The standard InChI is InChI=1S/C22H25N5O3S/c1-14(2)30-18-9-7-16(8-10-18)21(29)25-23-19(28)11-12-27-20(24-26-22(27)31)17-6-4-5-15(3)13-17/h4-10,13-14H,11-12H2,1-3H3,(H,23,28)(H,25,29)(H,26,31). The minimum Gasteiger partial charge on any atom is -0.491 e. The molecule has 0 fully saturated rings. The SMILES string of the molecule is Cc1cccc(-c2n[nH]c(=S)n2CCC(=O)NNC(=O)c2ccc(OC(C)C)cc2)c1. The fourth-order valence-electron chi connectivity index (χ4n) is 2.96. The van der Waals surface area contributed by atoms with Crippen molar-refractivity contribution in [3.05, 3.63) is 64.4 Å². The van der Waals surface area contributed by atoms with E-state index in [1.54, 1.807) is 28.8 Å². The van der Waals surface area contributed by atoms with E-state index in [9.17, 15) is 9.59 Å². The summed E-state index contributed by atoms with van der Waals surface area (Å²) < 4.78 is 7.74. The van der Waals surface area contributed by atoms with Crippen LogP contribution >= 0.6 is 12.2 Å². The number of hydrogen-bond donors (Lipinski definition) is 3. The minimum atomic E-state index is -0.412. The molecule has 1 aromatic heterocycles. The zero-order valence-electron chi connectivity index (χ0n) is 17.6. The zero-order chi connectivity index (χ0) is 22.4. The van der Waals surface area contributed by atoms with Crippen molar-refractivity contribution in [2.24, 2.45) is 0 Å². The highest BCUT2D eigenvalue weighted by Gasteiger charge is 2.12. The molecular weight excluding hydrogens is 414 g/mol. The summed E-state index contributed by atoms with van der Waals surface area (Å²) in [6.45, 7) is 6.17. The Labute approximate surface area is 185 Å². The summed E-state index contributed by atoms with van der Waals surface area (Å²) in [6, 6.07) is 14.6. The first-order chi connectivity index (χ1) is 14.8. The number of rotatable bonds is 7. The largest absolute Gasteiger partial charge is 0.491 e. The number of hydrazine groups is 1. The fraction of sp³-hybridized carbons (Fsp3) is 0.273. The topological polar surface area (TPSA) is 101 Å².